The first kappa shape index (κ1) is 15.3. The fourth-order valence-corrected chi connectivity index (χ4v) is 2.11. The van der Waals surface area contributed by atoms with Crippen LogP contribution in [0.25, 0.3) is 0 Å². The van der Waals surface area contributed by atoms with E-state index in [9.17, 15) is 4.79 Å². The van der Waals surface area contributed by atoms with Crippen LogP contribution < -0.4 is 5.32 Å². The maximum Gasteiger partial charge on any atom is 0.310 e. The van der Waals surface area contributed by atoms with Gasteiger partial charge >= 0.3 is 5.97 Å². The summed E-state index contributed by atoms with van der Waals surface area (Å²) in [6, 6.07) is 9.73. The average molecular weight is 287 g/mol. The van der Waals surface area contributed by atoms with E-state index in [4.69, 9.17) is 5.11 Å². The number of carboxylic acids is 1. The Kier molecular flexibility index (Phi) is 5.11. The van der Waals surface area contributed by atoms with Crippen molar-refractivity contribution in [2.75, 3.05) is 6.54 Å². The molecule has 0 bridgehead atoms. The van der Waals surface area contributed by atoms with Gasteiger partial charge in [-0.2, -0.15) is 5.10 Å². The van der Waals surface area contributed by atoms with Gasteiger partial charge in [-0.15, -0.1) is 0 Å². The molecule has 1 atom stereocenters. The average Bonchev–Trinajstić information content (AvgIpc) is 2.89. The van der Waals surface area contributed by atoms with Gasteiger partial charge in [0.2, 0.25) is 0 Å². The fraction of sp³-hybridized carbons (Fsp3) is 0.375. The Hall–Kier alpha value is -2.14. The van der Waals surface area contributed by atoms with Gasteiger partial charge < -0.3 is 10.4 Å². The van der Waals surface area contributed by atoms with Crippen molar-refractivity contribution in [2.24, 2.45) is 7.05 Å². The molecule has 1 heterocycles. The molecule has 5 nitrogen and oxygen atoms in total. The second-order valence-electron chi connectivity index (χ2n) is 5.21. The first-order valence-electron chi connectivity index (χ1n) is 7.07. The summed E-state index contributed by atoms with van der Waals surface area (Å²) in [5.74, 6) is -1.26. The van der Waals surface area contributed by atoms with Crippen molar-refractivity contribution in [3.8, 4) is 0 Å². The van der Waals surface area contributed by atoms with Crippen LogP contribution in [-0.2, 0) is 24.8 Å². The van der Waals surface area contributed by atoms with Crippen molar-refractivity contribution >= 4 is 5.97 Å². The van der Waals surface area contributed by atoms with E-state index in [1.807, 2.05) is 43.6 Å². The van der Waals surface area contributed by atoms with Gasteiger partial charge in [0, 0.05) is 32.8 Å². The predicted molar refractivity (Wildman–Crippen MR) is 81.1 cm³/mol. The minimum absolute atomic E-state index is 0.462. The molecular weight excluding hydrogens is 266 g/mol. The molecule has 0 amide bonds. The number of aryl methyl sites for hydroxylation is 1. The van der Waals surface area contributed by atoms with Gasteiger partial charge in [-0.05, 0) is 24.1 Å². The molecule has 0 saturated carbocycles. The van der Waals surface area contributed by atoms with E-state index in [-0.39, 0.29) is 0 Å². The molecule has 0 saturated heterocycles. The monoisotopic (exact) mass is 287 g/mol. The fourth-order valence-electron chi connectivity index (χ4n) is 2.11. The van der Waals surface area contributed by atoms with Crippen LogP contribution in [0.5, 0.6) is 0 Å². The second-order valence-corrected chi connectivity index (χ2v) is 5.21. The van der Waals surface area contributed by atoms with Crippen LogP contribution in [0.15, 0.2) is 36.5 Å². The highest BCUT2D eigenvalue weighted by Crippen LogP contribution is 2.15. The predicted octanol–water partition coefficient (Wildman–Crippen LogP) is 1.94. The Morgan fingerprint density at radius 1 is 1.33 bits per heavy atom. The maximum absolute atomic E-state index is 10.9. The molecule has 0 aliphatic carbocycles. The SMILES string of the molecule is CC(C(=O)O)c1ccc(CNCCc2ccn(C)n2)cc1. The number of nitrogens with one attached hydrogen (secondary N) is 1. The number of carbonyl (C=O) groups is 1. The van der Waals surface area contributed by atoms with Crippen molar-refractivity contribution in [3.63, 3.8) is 0 Å². The first-order valence-corrected chi connectivity index (χ1v) is 7.07. The van der Waals surface area contributed by atoms with E-state index in [0.717, 1.165) is 36.3 Å². The number of nitrogens with zero attached hydrogens (tertiary/aromatic N) is 2. The Morgan fingerprint density at radius 2 is 2.05 bits per heavy atom. The van der Waals surface area contributed by atoms with Crippen molar-refractivity contribution in [1.82, 2.24) is 15.1 Å². The molecule has 2 N–H and O–H groups in total. The Morgan fingerprint density at radius 3 is 2.62 bits per heavy atom. The zero-order valence-electron chi connectivity index (χ0n) is 12.4. The topological polar surface area (TPSA) is 67.2 Å². The number of hydrogen-bond acceptors (Lipinski definition) is 3. The normalized spacial score (nSPS) is 12.3. The van der Waals surface area contributed by atoms with E-state index in [1.165, 1.54) is 0 Å². The summed E-state index contributed by atoms with van der Waals surface area (Å²) in [5.41, 5.74) is 3.06. The van der Waals surface area contributed by atoms with Crippen LogP contribution >= 0.6 is 0 Å². The highest BCUT2D eigenvalue weighted by atomic mass is 16.4. The molecule has 0 aliphatic heterocycles. The second kappa shape index (κ2) is 7.04. The van der Waals surface area contributed by atoms with Crippen molar-refractivity contribution in [2.45, 2.75) is 25.8 Å². The highest BCUT2D eigenvalue weighted by Gasteiger charge is 2.12. The summed E-state index contributed by atoms with van der Waals surface area (Å²) >= 11 is 0. The number of aromatic nitrogens is 2. The van der Waals surface area contributed by atoms with Gasteiger partial charge in [0.1, 0.15) is 0 Å². The van der Waals surface area contributed by atoms with Crippen LogP contribution in [0, 0.1) is 0 Å². The Balaban J connectivity index is 1.77. The van der Waals surface area contributed by atoms with Gasteiger partial charge in [-0.3, -0.25) is 9.48 Å². The highest BCUT2D eigenvalue weighted by molar-refractivity contribution is 5.75. The molecule has 0 aliphatic rings. The quantitative estimate of drug-likeness (QED) is 0.764. The van der Waals surface area contributed by atoms with Crippen molar-refractivity contribution < 1.29 is 9.90 Å². The summed E-state index contributed by atoms with van der Waals surface area (Å²) < 4.78 is 1.80. The van der Waals surface area contributed by atoms with Crippen LogP contribution in [-0.4, -0.2) is 27.4 Å². The molecule has 1 aromatic heterocycles. The van der Waals surface area contributed by atoms with Crippen LogP contribution in [0.1, 0.15) is 29.7 Å². The van der Waals surface area contributed by atoms with Gasteiger partial charge in [-0.25, -0.2) is 0 Å². The first-order chi connectivity index (χ1) is 10.1. The summed E-state index contributed by atoms with van der Waals surface area (Å²) in [4.78, 5) is 10.9. The zero-order valence-corrected chi connectivity index (χ0v) is 12.4. The molecule has 5 heteroatoms. The summed E-state index contributed by atoms with van der Waals surface area (Å²) in [6.45, 7) is 3.33. The van der Waals surface area contributed by atoms with E-state index in [2.05, 4.69) is 10.4 Å². The maximum atomic E-state index is 10.9. The minimum Gasteiger partial charge on any atom is -0.481 e. The van der Waals surface area contributed by atoms with Gasteiger partial charge in [0.25, 0.3) is 0 Å². The lowest BCUT2D eigenvalue weighted by molar-refractivity contribution is -0.138. The number of rotatable bonds is 7. The zero-order chi connectivity index (χ0) is 15.2. The number of aliphatic carboxylic acids is 1. The summed E-state index contributed by atoms with van der Waals surface area (Å²) in [6.07, 6.45) is 2.84. The van der Waals surface area contributed by atoms with E-state index in [1.54, 1.807) is 11.6 Å². The third kappa shape index (κ3) is 4.43. The molecule has 0 radical (unpaired) electrons. The molecule has 0 fully saturated rings. The molecule has 2 rings (SSSR count). The molecule has 2 aromatic rings. The smallest absolute Gasteiger partial charge is 0.310 e. The molecule has 1 aromatic carbocycles. The summed E-state index contributed by atoms with van der Waals surface area (Å²) in [5, 5.41) is 16.7. The third-order valence-corrected chi connectivity index (χ3v) is 3.51. The Labute approximate surface area is 124 Å². The molecule has 21 heavy (non-hydrogen) atoms. The van der Waals surface area contributed by atoms with Crippen molar-refractivity contribution in [3.05, 3.63) is 53.3 Å². The van der Waals surface area contributed by atoms with Crippen molar-refractivity contribution in [1.29, 1.82) is 0 Å². The van der Waals surface area contributed by atoms with E-state index in [0.29, 0.717) is 0 Å². The van der Waals surface area contributed by atoms with Gasteiger partial charge in [-0.1, -0.05) is 24.3 Å². The third-order valence-electron chi connectivity index (χ3n) is 3.51. The molecule has 1 unspecified atom stereocenters. The lowest BCUT2D eigenvalue weighted by Crippen LogP contribution is -2.17. The largest absolute Gasteiger partial charge is 0.481 e. The number of hydrogen-bond donors (Lipinski definition) is 2. The Bertz CT molecular complexity index is 590. The van der Waals surface area contributed by atoms with E-state index >= 15 is 0 Å². The number of carboxylic acid groups (broad SMARTS) is 1. The standard InChI is InChI=1S/C16H21N3O2/c1-12(16(20)21)14-5-3-13(4-6-14)11-17-9-7-15-8-10-19(2)18-15/h3-6,8,10,12,17H,7,9,11H2,1-2H3,(H,20,21). The molecule has 0 spiro atoms. The minimum atomic E-state index is -0.795. The van der Waals surface area contributed by atoms with Crippen LogP contribution in [0.2, 0.25) is 0 Å². The van der Waals surface area contributed by atoms with Gasteiger partial charge in [0.15, 0.2) is 0 Å². The summed E-state index contributed by atoms with van der Waals surface area (Å²) in [7, 11) is 1.91. The van der Waals surface area contributed by atoms with E-state index < -0.39 is 11.9 Å². The van der Waals surface area contributed by atoms with Crippen LogP contribution in [0.3, 0.4) is 0 Å². The lowest BCUT2D eigenvalue weighted by Gasteiger charge is -2.08. The number of benzene rings is 1. The lowest BCUT2D eigenvalue weighted by atomic mass is 10.00. The van der Waals surface area contributed by atoms with Crippen LogP contribution in [0.4, 0.5) is 0 Å². The van der Waals surface area contributed by atoms with Gasteiger partial charge in [0.05, 0.1) is 11.6 Å². The molecular formula is C16H21N3O2. The molecule has 112 valence electrons.